The van der Waals surface area contributed by atoms with Crippen molar-refractivity contribution < 1.29 is 19.3 Å². The highest BCUT2D eigenvalue weighted by Gasteiger charge is 2.50. The summed E-state index contributed by atoms with van der Waals surface area (Å²) in [4.78, 5) is 49.4. The number of anilines is 1. The van der Waals surface area contributed by atoms with Gasteiger partial charge in [0.2, 0.25) is 17.7 Å². The summed E-state index contributed by atoms with van der Waals surface area (Å²) in [6.45, 7) is -0.386. The highest BCUT2D eigenvalue weighted by Crippen LogP contribution is 2.44. The van der Waals surface area contributed by atoms with Crippen molar-refractivity contribution >= 4 is 29.1 Å². The van der Waals surface area contributed by atoms with Gasteiger partial charge in [0, 0.05) is 17.8 Å². The van der Waals surface area contributed by atoms with E-state index < -0.39 is 16.7 Å². The Balaban J connectivity index is 1.42. The minimum Gasteiger partial charge on any atom is -0.324 e. The number of hydrogen-bond donors (Lipinski definition) is 1. The summed E-state index contributed by atoms with van der Waals surface area (Å²) >= 11 is 0. The van der Waals surface area contributed by atoms with Gasteiger partial charge in [-0.1, -0.05) is 36.4 Å². The maximum Gasteiger partial charge on any atom is 0.271 e. The van der Waals surface area contributed by atoms with Crippen LogP contribution in [0.15, 0.2) is 54.6 Å². The van der Waals surface area contributed by atoms with Gasteiger partial charge in [-0.25, -0.2) is 0 Å². The molecule has 2 aromatic carbocycles. The molecule has 154 valence electrons. The average molecular weight is 407 g/mol. The Hall–Kier alpha value is -3.55. The number of nitrogens with zero attached hydrogens (tertiary/aromatic N) is 2. The summed E-state index contributed by atoms with van der Waals surface area (Å²) in [7, 11) is 0. The highest BCUT2D eigenvalue weighted by atomic mass is 16.6. The van der Waals surface area contributed by atoms with Gasteiger partial charge in [0.05, 0.1) is 16.8 Å². The number of imide groups is 1. The van der Waals surface area contributed by atoms with Crippen LogP contribution in [0.4, 0.5) is 11.4 Å². The lowest BCUT2D eigenvalue weighted by Gasteiger charge is -2.28. The molecule has 1 aliphatic carbocycles. The minimum absolute atomic E-state index is 0.154. The molecule has 0 aromatic heterocycles. The molecule has 1 saturated carbocycles. The molecule has 0 spiro atoms. The Morgan fingerprint density at radius 2 is 1.77 bits per heavy atom. The van der Waals surface area contributed by atoms with E-state index in [4.69, 9.17) is 0 Å². The number of carbonyl (C=O) groups is 3. The third kappa shape index (κ3) is 3.80. The first-order valence-electron chi connectivity index (χ1n) is 9.88. The fourth-order valence-corrected chi connectivity index (χ4v) is 4.47. The molecule has 30 heavy (non-hydrogen) atoms. The van der Waals surface area contributed by atoms with Crippen LogP contribution in [0.25, 0.3) is 0 Å². The summed E-state index contributed by atoms with van der Waals surface area (Å²) in [5.74, 6) is -1.71. The van der Waals surface area contributed by atoms with Gasteiger partial charge in [0.1, 0.15) is 6.54 Å². The van der Waals surface area contributed by atoms with Crippen LogP contribution >= 0.6 is 0 Å². The Labute approximate surface area is 173 Å². The lowest BCUT2D eigenvalue weighted by molar-refractivity contribution is -0.384. The molecule has 1 N–H and O–H groups in total. The zero-order chi connectivity index (χ0) is 21.3. The van der Waals surface area contributed by atoms with Crippen molar-refractivity contribution in [1.29, 1.82) is 0 Å². The molecule has 1 heterocycles. The number of non-ortho nitro benzene ring substituents is 1. The van der Waals surface area contributed by atoms with Crippen LogP contribution in [-0.4, -0.2) is 34.1 Å². The number of amides is 3. The number of hydrogen-bond acceptors (Lipinski definition) is 5. The van der Waals surface area contributed by atoms with Crippen molar-refractivity contribution in [2.75, 3.05) is 11.9 Å². The van der Waals surface area contributed by atoms with Gasteiger partial charge in [0.15, 0.2) is 0 Å². The average Bonchev–Trinajstić information content (AvgIpc) is 2.99. The largest absolute Gasteiger partial charge is 0.324 e. The molecule has 1 aliphatic heterocycles. The third-order valence-corrected chi connectivity index (χ3v) is 5.93. The summed E-state index contributed by atoms with van der Waals surface area (Å²) in [5.41, 5.74) is 1.26. The van der Waals surface area contributed by atoms with E-state index in [1.54, 1.807) is 0 Å². The van der Waals surface area contributed by atoms with Crippen LogP contribution in [0.5, 0.6) is 0 Å². The van der Waals surface area contributed by atoms with Gasteiger partial charge in [0.25, 0.3) is 5.69 Å². The molecular weight excluding hydrogens is 386 g/mol. The van der Waals surface area contributed by atoms with E-state index in [0.29, 0.717) is 12.8 Å². The molecule has 2 fully saturated rings. The van der Waals surface area contributed by atoms with E-state index in [1.165, 1.54) is 24.3 Å². The fraction of sp³-hybridized carbons (Fsp3) is 0.318. The van der Waals surface area contributed by atoms with Gasteiger partial charge in [-0.2, -0.15) is 0 Å². The molecular formula is C22H21N3O5. The first-order valence-corrected chi connectivity index (χ1v) is 9.88. The molecule has 0 bridgehead atoms. The monoisotopic (exact) mass is 407 g/mol. The van der Waals surface area contributed by atoms with Crippen LogP contribution in [0.2, 0.25) is 0 Å². The van der Waals surface area contributed by atoms with Gasteiger partial charge in [-0.3, -0.25) is 29.4 Å². The topological polar surface area (TPSA) is 110 Å². The first kappa shape index (κ1) is 19.8. The number of nitrogens with one attached hydrogen (secondary N) is 1. The van der Waals surface area contributed by atoms with Crippen LogP contribution < -0.4 is 5.32 Å². The molecule has 2 aromatic rings. The number of likely N-dealkylation sites (tertiary alicyclic amines) is 1. The summed E-state index contributed by atoms with van der Waals surface area (Å²) in [6.07, 6.45) is 2.05. The molecule has 0 unspecified atom stereocenters. The second kappa shape index (κ2) is 8.06. The SMILES string of the molecule is O=C(CN1C(=O)[C@H]2CC[C@@H](c3ccccc3)C[C@H]2C1=O)Nc1cccc([N+](=O)[O-])c1. The fourth-order valence-electron chi connectivity index (χ4n) is 4.47. The zero-order valence-electron chi connectivity index (χ0n) is 16.2. The lowest BCUT2D eigenvalue weighted by Crippen LogP contribution is -2.38. The second-order valence-electron chi connectivity index (χ2n) is 7.75. The van der Waals surface area contributed by atoms with Crippen LogP contribution in [-0.2, 0) is 14.4 Å². The molecule has 3 atom stereocenters. The van der Waals surface area contributed by atoms with Crippen LogP contribution in [0, 0.1) is 22.0 Å². The van der Waals surface area contributed by atoms with Crippen molar-refractivity contribution in [3.05, 3.63) is 70.3 Å². The van der Waals surface area contributed by atoms with Gasteiger partial charge in [-0.05, 0) is 36.8 Å². The molecule has 4 rings (SSSR count). The predicted molar refractivity (Wildman–Crippen MR) is 108 cm³/mol. The maximum atomic E-state index is 12.9. The summed E-state index contributed by atoms with van der Waals surface area (Å²) < 4.78 is 0. The molecule has 2 aliphatic rings. The Morgan fingerprint density at radius 1 is 1.03 bits per heavy atom. The molecule has 1 saturated heterocycles. The Bertz CT molecular complexity index is 1010. The highest BCUT2D eigenvalue weighted by molar-refractivity contribution is 6.08. The number of fused-ring (bicyclic) bond motifs is 1. The molecule has 8 nitrogen and oxygen atoms in total. The minimum atomic E-state index is -0.560. The van der Waals surface area contributed by atoms with E-state index in [1.807, 2.05) is 30.3 Å². The normalized spacial score (nSPS) is 23.2. The van der Waals surface area contributed by atoms with Crippen molar-refractivity contribution in [3.63, 3.8) is 0 Å². The third-order valence-electron chi connectivity index (χ3n) is 5.93. The molecule has 0 radical (unpaired) electrons. The van der Waals surface area contributed by atoms with Gasteiger partial charge < -0.3 is 5.32 Å². The van der Waals surface area contributed by atoms with E-state index in [9.17, 15) is 24.5 Å². The quantitative estimate of drug-likeness (QED) is 0.465. The number of nitro benzene ring substituents is 1. The number of nitro groups is 1. The van der Waals surface area contributed by atoms with E-state index in [0.717, 1.165) is 16.9 Å². The maximum absolute atomic E-state index is 12.9. The van der Waals surface area contributed by atoms with Crippen molar-refractivity contribution in [3.8, 4) is 0 Å². The van der Waals surface area contributed by atoms with E-state index in [2.05, 4.69) is 5.32 Å². The number of benzene rings is 2. The number of carbonyl (C=O) groups excluding carboxylic acids is 3. The van der Waals surface area contributed by atoms with Crippen molar-refractivity contribution in [2.24, 2.45) is 11.8 Å². The molecule has 3 amide bonds. The first-order chi connectivity index (χ1) is 14.4. The van der Waals surface area contributed by atoms with Crippen molar-refractivity contribution in [2.45, 2.75) is 25.2 Å². The van der Waals surface area contributed by atoms with E-state index in [-0.39, 0.29) is 41.6 Å². The zero-order valence-corrected chi connectivity index (χ0v) is 16.2. The van der Waals surface area contributed by atoms with Crippen LogP contribution in [0.3, 0.4) is 0 Å². The predicted octanol–water partition coefficient (Wildman–Crippen LogP) is 3.10. The Kier molecular flexibility index (Phi) is 5.31. The van der Waals surface area contributed by atoms with Gasteiger partial charge in [-0.15, -0.1) is 0 Å². The second-order valence-corrected chi connectivity index (χ2v) is 7.75. The van der Waals surface area contributed by atoms with Gasteiger partial charge >= 0.3 is 0 Å². The summed E-state index contributed by atoms with van der Waals surface area (Å²) in [5, 5.41) is 13.4. The Morgan fingerprint density at radius 3 is 2.50 bits per heavy atom. The molecule has 8 heteroatoms. The standard InChI is InChI=1S/C22H21N3O5/c26-20(23-16-7-4-8-17(12-16)25(29)30)13-24-21(27)18-10-9-15(11-19(18)22(24)28)14-5-2-1-3-6-14/h1-8,12,15,18-19H,9-11,13H2,(H,23,26)/t15-,18+,19-/m1/s1. The smallest absolute Gasteiger partial charge is 0.271 e. The lowest BCUT2D eigenvalue weighted by atomic mass is 9.73. The van der Waals surface area contributed by atoms with Crippen molar-refractivity contribution in [1.82, 2.24) is 4.90 Å². The number of rotatable bonds is 5. The summed E-state index contributed by atoms with van der Waals surface area (Å²) in [6, 6.07) is 15.5. The van der Waals surface area contributed by atoms with E-state index >= 15 is 0 Å². The van der Waals surface area contributed by atoms with Crippen LogP contribution in [0.1, 0.15) is 30.7 Å².